The van der Waals surface area contributed by atoms with Gasteiger partial charge < -0.3 is 10.4 Å². The number of allylic oxidation sites excluding steroid dienone is 1. The standard InChI is InChI=1S/C16H18F3NO3/c1-10(2)3-8-13(15(22)23)20-14(21)9-11-4-6-12(7-5-11)16(17,18)19/h3-7,13H,8-9H2,1-2H3,(H,20,21)(H,22,23)/t13-/m1/s1. The van der Waals surface area contributed by atoms with E-state index in [0.717, 1.165) is 17.7 Å². The molecule has 0 unspecified atom stereocenters. The van der Waals surface area contributed by atoms with Gasteiger partial charge in [0.2, 0.25) is 5.91 Å². The number of alkyl halides is 3. The number of carbonyl (C=O) groups excluding carboxylic acids is 1. The number of hydrogen-bond donors (Lipinski definition) is 2. The van der Waals surface area contributed by atoms with Gasteiger partial charge in [0.1, 0.15) is 6.04 Å². The van der Waals surface area contributed by atoms with Crippen molar-refractivity contribution < 1.29 is 27.9 Å². The minimum absolute atomic E-state index is 0.149. The summed E-state index contributed by atoms with van der Waals surface area (Å²) >= 11 is 0. The maximum Gasteiger partial charge on any atom is 0.416 e. The monoisotopic (exact) mass is 329 g/mol. The van der Waals surface area contributed by atoms with E-state index in [1.54, 1.807) is 6.08 Å². The molecule has 0 aromatic heterocycles. The second-order valence-corrected chi connectivity index (χ2v) is 5.35. The molecule has 1 atom stereocenters. The molecular formula is C16H18F3NO3. The number of hydrogen-bond acceptors (Lipinski definition) is 2. The third-order valence-corrected chi connectivity index (χ3v) is 3.04. The highest BCUT2D eigenvalue weighted by molar-refractivity contribution is 5.84. The first-order valence-corrected chi connectivity index (χ1v) is 6.91. The van der Waals surface area contributed by atoms with Crippen LogP contribution in [0.1, 0.15) is 31.4 Å². The van der Waals surface area contributed by atoms with Gasteiger partial charge in [-0.15, -0.1) is 0 Å². The van der Waals surface area contributed by atoms with Crippen molar-refractivity contribution in [2.75, 3.05) is 0 Å². The van der Waals surface area contributed by atoms with Gasteiger partial charge in [-0.1, -0.05) is 23.8 Å². The van der Waals surface area contributed by atoms with Crippen LogP contribution in [0.2, 0.25) is 0 Å². The molecule has 7 heteroatoms. The minimum atomic E-state index is -4.43. The SMILES string of the molecule is CC(C)=CC[C@@H](NC(=O)Cc1ccc(C(F)(F)F)cc1)C(=O)O. The summed E-state index contributed by atoms with van der Waals surface area (Å²) in [6, 6.07) is 3.12. The lowest BCUT2D eigenvalue weighted by atomic mass is 10.1. The van der Waals surface area contributed by atoms with E-state index in [2.05, 4.69) is 5.32 Å². The van der Waals surface area contributed by atoms with E-state index in [1.165, 1.54) is 12.1 Å². The van der Waals surface area contributed by atoms with Crippen molar-refractivity contribution in [3.63, 3.8) is 0 Å². The fourth-order valence-corrected chi connectivity index (χ4v) is 1.82. The summed E-state index contributed by atoms with van der Waals surface area (Å²) in [5.74, 6) is -1.72. The molecule has 4 nitrogen and oxygen atoms in total. The minimum Gasteiger partial charge on any atom is -0.480 e. The molecule has 0 aliphatic heterocycles. The molecule has 23 heavy (non-hydrogen) atoms. The molecule has 0 radical (unpaired) electrons. The summed E-state index contributed by atoms with van der Waals surface area (Å²) in [5.41, 5.74) is 0.503. The smallest absolute Gasteiger partial charge is 0.416 e. The van der Waals surface area contributed by atoms with Gasteiger partial charge in [0, 0.05) is 0 Å². The number of aliphatic carboxylic acids is 1. The zero-order valence-corrected chi connectivity index (χ0v) is 12.8. The van der Waals surface area contributed by atoms with Crippen LogP contribution in [0, 0.1) is 0 Å². The van der Waals surface area contributed by atoms with Gasteiger partial charge in [0.05, 0.1) is 12.0 Å². The van der Waals surface area contributed by atoms with Crippen LogP contribution in [0.4, 0.5) is 13.2 Å². The Morgan fingerprint density at radius 1 is 1.22 bits per heavy atom. The summed E-state index contributed by atoms with van der Waals surface area (Å²) in [4.78, 5) is 22.9. The Hall–Kier alpha value is -2.31. The number of nitrogens with one attached hydrogen (secondary N) is 1. The van der Waals surface area contributed by atoms with Crippen molar-refractivity contribution in [2.45, 2.75) is 38.9 Å². The predicted molar refractivity (Wildman–Crippen MR) is 78.8 cm³/mol. The first kappa shape index (κ1) is 18.7. The fraction of sp³-hybridized carbons (Fsp3) is 0.375. The molecule has 1 aromatic carbocycles. The molecule has 0 fully saturated rings. The average Bonchev–Trinajstić information content (AvgIpc) is 2.42. The number of amides is 1. The molecule has 126 valence electrons. The second kappa shape index (κ2) is 7.80. The Morgan fingerprint density at radius 3 is 2.22 bits per heavy atom. The highest BCUT2D eigenvalue weighted by atomic mass is 19.4. The summed E-state index contributed by atoms with van der Waals surface area (Å²) in [6.45, 7) is 3.62. The van der Waals surface area contributed by atoms with Crippen LogP contribution in [-0.4, -0.2) is 23.0 Å². The van der Waals surface area contributed by atoms with Crippen molar-refractivity contribution in [3.05, 3.63) is 47.0 Å². The van der Waals surface area contributed by atoms with Crippen LogP contribution in [0.25, 0.3) is 0 Å². The van der Waals surface area contributed by atoms with E-state index in [1.807, 2.05) is 13.8 Å². The molecule has 0 saturated carbocycles. The maximum atomic E-state index is 12.4. The summed E-state index contributed by atoms with van der Waals surface area (Å²) in [5, 5.41) is 11.4. The molecule has 0 saturated heterocycles. The molecule has 0 aliphatic carbocycles. The van der Waals surface area contributed by atoms with Gasteiger partial charge in [0.25, 0.3) is 0 Å². The van der Waals surface area contributed by atoms with Crippen molar-refractivity contribution in [2.24, 2.45) is 0 Å². The first-order chi connectivity index (χ1) is 10.6. The Kier molecular flexibility index (Phi) is 6.36. The Labute approximate surface area is 132 Å². The fourth-order valence-electron chi connectivity index (χ4n) is 1.82. The lowest BCUT2D eigenvalue weighted by molar-refractivity contribution is -0.141. The lowest BCUT2D eigenvalue weighted by Crippen LogP contribution is -2.41. The number of halogens is 3. The zero-order valence-electron chi connectivity index (χ0n) is 12.8. The molecule has 0 bridgehead atoms. The van der Waals surface area contributed by atoms with E-state index >= 15 is 0 Å². The molecule has 1 rings (SSSR count). The Bertz CT molecular complexity index is 588. The predicted octanol–water partition coefficient (Wildman–Crippen LogP) is 3.17. The van der Waals surface area contributed by atoms with Crippen molar-refractivity contribution in [1.82, 2.24) is 5.32 Å². The van der Waals surface area contributed by atoms with Crippen LogP contribution in [0.3, 0.4) is 0 Å². The normalized spacial score (nSPS) is 12.4. The van der Waals surface area contributed by atoms with E-state index in [9.17, 15) is 22.8 Å². The average molecular weight is 329 g/mol. The molecule has 0 heterocycles. The van der Waals surface area contributed by atoms with E-state index in [4.69, 9.17) is 5.11 Å². The second-order valence-electron chi connectivity index (χ2n) is 5.35. The van der Waals surface area contributed by atoms with Gasteiger partial charge in [-0.05, 0) is 38.0 Å². The lowest BCUT2D eigenvalue weighted by Gasteiger charge is -2.13. The zero-order chi connectivity index (χ0) is 17.6. The molecule has 1 aromatic rings. The molecule has 1 amide bonds. The maximum absolute atomic E-state index is 12.4. The topological polar surface area (TPSA) is 66.4 Å². The summed E-state index contributed by atoms with van der Waals surface area (Å²) in [7, 11) is 0. The van der Waals surface area contributed by atoms with Crippen molar-refractivity contribution in [3.8, 4) is 0 Å². The van der Waals surface area contributed by atoms with Crippen LogP contribution in [0.15, 0.2) is 35.9 Å². The van der Waals surface area contributed by atoms with Crippen LogP contribution in [0.5, 0.6) is 0 Å². The largest absolute Gasteiger partial charge is 0.480 e. The highest BCUT2D eigenvalue weighted by Crippen LogP contribution is 2.29. The molecule has 2 N–H and O–H groups in total. The van der Waals surface area contributed by atoms with Crippen LogP contribution >= 0.6 is 0 Å². The van der Waals surface area contributed by atoms with Gasteiger partial charge >= 0.3 is 12.1 Å². The number of carboxylic acid groups (broad SMARTS) is 1. The molecule has 0 spiro atoms. The van der Waals surface area contributed by atoms with Gasteiger partial charge in [0.15, 0.2) is 0 Å². The quantitative estimate of drug-likeness (QED) is 0.788. The van der Waals surface area contributed by atoms with Gasteiger partial charge in [-0.25, -0.2) is 4.79 Å². The van der Waals surface area contributed by atoms with Gasteiger partial charge in [-0.3, -0.25) is 4.79 Å². The van der Waals surface area contributed by atoms with Gasteiger partial charge in [-0.2, -0.15) is 13.2 Å². The Balaban J connectivity index is 2.67. The first-order valence-electron chi connectivity index (χ1n) is 6.91. The molecule has 0 aliphatic rings. The number of carbonyl (C=O) groups is 2. The number of carboxylic acids is 1. The Morgan fingerprint density at radius 2 is 1.78 bits per heavy atom. The number of benzene rings is 1. The van der Waals surface area contributed by atoms with E-state index < -0.39 is 29.7 Å². The highest BCUT2D eigenvalue weighted by Gasteiger charge is 2.30. The summed E-state index contributed by atoms with van der Waals surface area (Å²) < 4.78 is 37.3. The van der Waals surface area contributed by atoms with Crippen molar-refractivity contribution in [1.29, 1.82) is 0 Å². The van der Waals surface area contributed by atoms with Crippen LogP contribution < -0.4 is 5.32 Å². The third kappa shape index (κ3) is 6.54. The molecular weight excluding hydrogens is 311 g/mol. The van der Waals surface area contributed by atoms with E-state index in [0.29, 0.717) is 5.56 Å². The number of rotatable bonds is 6. The van der Waals surface area contributed by atoms with Crippen LogP contribution in [-0.2, 0) is 22.2 Å². The van der Waals surface area contributed by atoms with E-state index in [-0.39, 0.29) is 12.8 Å². The summed E-state index contributed by atoms with van der Waals surface area (Å²) in [6.07, 6.45) is -2.77. The third-order valence-electron chi connectivity index (χ3n) is 3.04. The van der Waals surface area contributed by atoms with Crippen molar-refractivity contribution >= 4 is 11.9 Å².